The predicted molar refractivity (Wildman–Crippen MR) is 75.1 cm³/mol. The lowest BCUT2D eigenvalue weighted by Crippen LogP contribution is -2.06. The minimum atomic E-state index is -0.444. The molecule has 0 spiro atoms. The number of benzene rings is 2. The lowest BCUT2D eigenvalue weighted by atomic mass is 10.0. The molecule has 0 atom stereocenters. The quantitative estimate of drug-likeness (QED) is 0.795. The normalized spacial score (nSPS) is 10.3. The van der Waals surface area contributed by atoms with Gasteiger partial charge in [0.1, 0.15) is 11.6 Å². The number of hydrogen-bond acceptors (Lipinski definition) is 2. The third-order valence-corrected chi connectivity index (χ3v) is 3.27. The number of ether oxygens (including phenoxy) is 1. The van der Waals surface area contributed by atoms with Crippen LogP contribution in [0.5, 0.6) is 5.75 Å². The summed E-state index contributed by atoms with van der Waals surface area (Å²) in [6.07, 6.45) is 0.215. The highest BCUT2D eigenvalue weighted by molar-refractivity contribution is 9.10. The van der Waals surface area contributed by atoms with Crippen LogP contribution in [0.25, 0.3) is 0 Å². The lowest BCUT2D eigenvalue weighted by molar-refractivity contribution is 0.0989. The SMILES string of the molecule is COc1ccc(F)cc1C(=O)Cc1ccc(Br)cc1. The number of Topliss-reactive ketones (excluding diaryl/α,β-unsaturated/α-hetero) is 1. The Morgan fingerprint density at radius 1 is 1.21 bits per heavy atom. The molecular weight excluding hydrogens is 311 g/mol. The molecule has 0 saturated heterocycles. The van der Waals surface area contributed by atoms with E-state index in [0.29, 0.717) is 5.75 Å². The Kier molecular flexibility index (Phi) is 4.32. The first-order valence-corrected chi connectivity index (χ1v) is 6.50. The molecule has 0 heterocycles. The van der Waals surface area contributed by atoms with Crippen molar-refractivity contribution in [3.63, 3.8) is 0 Å². The van der Waals surface area contributed by atoms with Gasteiger partial charge in [0.05, 0.1) is 12.7 Å². The Hall–Kier alpha value is -1.68. The number of carbonyl (C=O) groups is 1. The van der Waals surface area contributed by atoms with E-state index in [1.54, 1.807) is 0 Å². The van der Waals surface area contributed by atoms with Crippen molar-refractivity contribution in [1.82, 2.24) is 0 Å². The van der Waals surface area contributed by atoms with E-state index >= 15 is 0 Å². The highest BCUT2D eigenvalue weighted by atomic mass is 79.9. The smallest absolute Gasteiger partial charge is 0.171 e. The zero-order valence-corrected chi connectivity index (χ0v) is 11.9. The summed E-state index contributed by atoms with van der Waals surface area (Å²) in [5.41, 5.74) is 1.14. The van der Waals surface area contributed by atoms with Gasteiger partial charge in [-0.05, 0) is 35.9 Å². The molecule has 0 amide bonds. The zero-order valence-electron chi connectivity index (χ0n) is 10.3. The molecule has 0 N–H and O–H groups in total. The van der Waals surface area contributed by atoms with Crippen molar-refractivity contribution in [2.45, 2.75) is 6.42 Å². The van der Waals surface area contributed by atoms with Crippen LogP contribution in [0.1, 0.15) is 15.9 Å². The Morgan fingerprint density at radius 3 is 2.53 bits per heavy atom. The van der Waals surface area contributed by atoms with E-state index in [0.717, 1.165) is 10.0 Å². The van der Waals surface area contributed by atoms with Gasteiger partial charge in [-0.1, -0.05) is 28.1 Å². The molecule has 2 aromatic rings. The zero-order chi connectivity index (χ0) is 13.8. The summed E-state index contributed by atoms with van der Waals surface area (Å²) in [7, 11) is 1.46. The molecule has 2 aromatic carbocycles. The minimum Gasteiger partial charge on any atom is -0.496 e. The Balaban J connectivity index is 2.24. The number of methoxy groups -OCH3 is 1. The van der Waals surface area contributed by atoms with Crippen molar-refractivity contribution in [3.8, 4) is 5.75 Å². The van der Waals surface area contributed by atoms with Crippen molar-refractivity contribution in [2.75, 3.05) is 7.11 Å². The predicted octanol–water partition coefficient (Wildman–Crippen LogP) is 4.02. The highest BCUT2D eigenvalue weighted by Crippen LogP contribution is 2.21. The maximum Gasteiger partial charge on any atom is 0.171 e. The number of hydrogen-bond donors (Lipinski definition) is 0. The maximum atomic E-state index is 13.2. The van der Waals surface area contributed by atoms with Gasteiger partial charge in [-0.15, -0.1) is 0 Å². The van der Waals surface area contributed by atoms with Gasteiger partial charge in [0.15, 0.2) is 5.78 Å². The first-order chi connectivity index (χ1) is 9.10. The van der Waals surface area contributed by atoms with E-state index in [4.69, 9.17) is 4.74 Å². The summed E-state index contributed by atoms with van der Waals surface area (Å²) in [4.78, 5) is 12.2. The van der Waals surface area contributed by atoms with Gasteiger partial charge in [0.25, 0.3) is 0 Å². The molecular formula is C15H12BrFO2. The number of ketones is 1. The molecule has 4 heteroatoms. The van der Waals surface area contributed by atoms with E-state index in [2.05, 4.69) is 15.9 Å². The second kappa shape index (κ2) is 5.97. The molecule has 19 heavy (non-hydrogen) atoms. The summed E-state index contributed by atoms with van der Waals surface area (Å²) in [6.45, 7) is 0. The van der Waals surface area contributed by atoms with Gasteiger partial charge in [-0.25, -0.2) is 4.39 Å². The van der Waals surface area contributed by atoms with E-state index in [-0.39, 0.29) is 17.8 Å². The topological polar surface area (TPSA) is 26.3 Å². The molecule has 98 valence electrons. The molecule has 0 saturated carbocycles. The van der Waals surface area contributed by atoms with Crippen molar-refractivity contribution < 1.29 is 13.9 Å². The number of halogens is 2. The minimum absolute atomic E-state index is 0.168. The Morgan fingerprint density at radius 2 is 1.89 bits per heavy atom. The largest absolute Gasteiger partial charge is 0.496 e. The standard InChI is InChI=1S/C15H12BrFO2/c1-19-15-7-6-12(17)9-13(15)14(18)8-10-2-4-11(16)5-3-10/h2-7,9H,8H2,1H3. The Bertz CT molecular complexity index is 594. The van der Waals surface area contributed by atoms with Gasteiger partial charge in [0, 0.05) is 10.9 Å². The maximum absolute atomic E-state index is 13.2. The average molecular weight is 323 g/mol. The third-order valence-electron chi connectivity index (χ3n) is 2.74. The molecule has 0 aliphatic rings. The molecule has 0 aromatic heterocycles. The number of rotatable bonds is 4. The summed E-state index contributed by atoms with van der Waals surface area (Å²) >= 11 is 3.33. The lowest BCUT2D eigenvalue weighted by Gasteiger charge is -2.07. The average Bonchev–Trinajstić information content (AvgIpc) is 2.41. The Labute approximate surface area is 119 Å². The van der Waals surface area contributed by atoms with Gasteiger partial charge < -0.3 is 4.74 Å². The molecule has 0 unspecified atom stereocenters. The highest BCUT2D eigenvalue weighted by Gasteiger charge is 2.13. The van der Waals surface area contributed by atoms with E-state index in [1.165, 1.54) is 25.3 Å². The second-order valence-electron chi connectivity index (χ2n) is 4.07. The summed E-state index contributed by atoms with van der Waals surface area (Å²) in [6, 6.07) is 11.4. The molecule has 0 aliphatic carbocycles. The molecule has 0 radical (unpaired) electrons. The first-order valence-electron chi connectivity index (χ1n) is 5.71. The van der Waals surface area contributed by atoms with Crippen LogP contribution in [-0.2, 0) is 6.42 Å². The van der Waals surface area contributed by atoms with Crippen LogP contribution in [0.15, 0.2) is 46.9 Å². The summed E-state index contributed by atoms with van der Waals surface area (Å²) in [5.74, 6) is -0.220. The van der Waals surface area contributed by atoms with Crippen LogP contribution in [0, 0.1) is 5.82 Å². The third kappa shape index (κ3) is 3.41. The fourth-order valence-corrected chi connectivity index (χ4v) is 2.05. The van der Waals surface area contributed by atoms with Crippen LogP contribution in [-0.4, -0.2) is 12.9 Å². The van der Waals surface area contributed by atoms with Gasteiger partial charge >= 0.3 is 0 Å². The van der Waals surface area contributed by atoms with Crippen LogP contribution in [0.3, 0.4) is 0 Å². The van der Waals surface area contributed by atoms with Crippen LogP contribution >= 0.6 is 15.9 Å². The molecule has 2 rings (SSSR count). The number of carbonyl (C=O) groups excluding carboxylic acids is 1. The van der Waals surface area contributed by atoms with Crippen molar-refractivity contribution in [3.05, 3.63) is 63.9 Å². The van der Waals surface area contributed by atoms with Gasteiger partial charge in [-0.2, -0.15) is 0 Å². The fourth-order valence-electron chi connectivity index (χ4n) is 1.78. The monoisotopic (exact) mass is 322 g/mol. The second-order valence-corrected chi connectivity index (χ2v) is 4.99. The van der Waals surface area contributed by atoms with Gasteiger partial charge in [-0.3, -0.25) is 4.79 Å². The van der Waals surface area contributed by atoms with Crippen LogP contribution in [0.2, 0.25) is 0 Å². The van der Waals surface area contributed by atoms with Crippen LogP contribution < -0.4 is 4.74 Å². The van der Waals surface area contributed by atoms with E-state index in [1.807, 2.05) is 24.3 Å². The summed E-state index contributed by atoms with van der Waals surface area (Å²) < 4.78 is 19.3. The first kappa shape index (κ1) is 13.7. The van der Waals surface area contributed by atoms with Crippen molar-refractivity contribution in [2.24, 2.45) is 0 Å². The van der Waals surface area contributed by atoms with Crippen molar-refractivity contribution in [1.29, 1.82) is 0 Å². The van der Waals surface area contributed by atoms with Crippen LogP contribution in [0.4, 0.5) is 4.39 Å². The molecule has 0 aliphatic heterocycles. The molecule has 2 nitrogen and oxygen atoms in total. The van der Waals surface area contributed by atoms with E-state index in [9.17, 15) is 9.18 Å². The van der Waals surface area contributed by atoms with E-state index < -0.39 is 5.82 Å². The summed E-state index contributed by atoms with van der Waals surface area (Å²) in [5, 5.41) is 0. The fraction of sp³-hybridized carbons (Fsp3) is 0.133. The molecule has 0 fully saturated rings. The van der Waals surface area contributed by atoms with Crippen molar-refractivity contribution >= 4 is 21.7 Å². The van der Waals surface area contributed by atoms with Gasteiger partial charge in [0.2, 0.25) is 0 Å². The molecule has 0 bridgehead atoms.